The van der Waals surface area contributed by atoms with Crippen LogP contribution in [0.1, 0.15) is 37.6 Å². The van der Waals surface area contributed by atoms with Crippen LogP contribution >= 0.6 is 0 Å². The summed E-state index contributed by atoms with van der Waals surface area (Å²) in [5.74, 6) is 0.413. The molecule has 1 N–H and O–H groups in total. The third kappa shape index (κ3) is 3.94. The van der Waals surface area contributed by atoms with Crippen LogP contribution in [0, 0.1) is 5.92 Å². The molecule has 0 saturated carbocycles. The molecule has 0 radical (unpaired) electrons. The van der Waals surface area contributed by atoms with Crippen LogP contribution in [0.5, 0.6) is 0 Å². The molecule has 0 aliphatic rings. The fourth-order valence-electron chi connectivity index (χ4n) is 2.18. The molecule has 2 aromatic rings. The van der Waals surface area contributed by atoms with E-state index in [2.05, 4.69) is 31.2 Å². The maximum absolute atomic E-state index is 12.3. The van der Waals surface area contributed by atoms with Gasteiger partial charge in [-0.1, -0.05) is 39.0 Å². The first-order chi connectivity index (χ1) is 10.1. The molecule has 1 aromatic heterocycles. The third-order valence-corrected chi connectivity index (χ3v) is 3.24. The number of hydrogen-bond acceptors (Lipinski definition) is 2. The minimum Gasteiger partial charge on any atom is -0.352 e. The van der Waals surface area contributed by atoms with Crippen molar-refractivity contribution in [3.8, 4) is 11.1 Å². The summed E-state index contributed by atoms with van der Waals surface area (Å²) in [7, 11) is 0. The molecule has 0 aliphatic heterocycles. The van der Waals surface area contributed by atoms with E-state index in [1.54, 1.807) is 0 Å². The lowest BCUT2D eigenvalue weighted by Crippen LogP contribution is -2.27. The largest absolute Gasteiger partial charge is 0.352 e. The number of nitrogens with one attached hydrogen (secondary N) is 1. The maximum atomic E-state index is 12.3. The molecule has 1 aromatic carbocycles. The average Bonchev–Trinajstić information content (AvgIpc) is 2.93. The van der Waals surface area contributed by atoms with E-state index in [1.807, 2.05) is 41.3 Å². The van der Waals surface area contributed by atoms with Gasteiger partial charge in [-0.15, -0.1) is 0 Å². The highest BCUT2D eigenvalue weighted by molar-refractivity contribution is 6.00. The average molecular weight is 285 g/mol. The van der Waals surface area contributed by atoms with Crippen molar-refractivity contribution >= 4 is 5.91 Å². The zero-order chi connectivity index (χ0) is 15.2. The summed E-state index contributed by atoms with van der Waals surface area (Å²) in [6, 6.07) is 7.68. The van der Waals surface area contributed by atoms with Gasteiger partial charge in [0.05, 0.1) is 6.20 Å². The molecule has 0 atom stereocenters. The van der Waals surface area contributed by atoms with Gasteiger partial charge in [0.25, 0.3) is 5.91 Å². The number of rotatable bonds is 6. The van der Waals surface area contributed by atoms with E-state index in [9.17, 15) is 4.79 Å². The van der Waals surface area contributed by atoms with Crippen molar-refractivity contribution in [3.63, 3.8) is 0 Å². The fourth-order valence-corrected chi connectivity index (χ4v) is 2.18. The summed E-state index contributed by atoms with van der Waals surface area (Å²) < 4.78 is 1.91. The Morgan fingerprint density at radius 1 is 1.33 bits per heavy atom. The molecule has 112 valence electrons. The lowest BCUT2D eigenvalue weighted by molar-refractivity contribution is 0.0949. The van der Waals surface area contributed by atoms with Gasteiger partial charge in [-0.25, -0.2) is 0 Å². The Hall–Kier alpha value is -2.10. The van der Waals surface area contributed by atoms with Gasteiger partial charge >= 0.3 is 0 Å². The van der Waals surface area contributed by atoms with Crippen molar-refractivity contribution in [2.24, 2.45) is 5.92 Å². The number of aromatic nitrogens is 2. The summed E-state index contributed by atoms with van der Waals surface area (Å²) in [6.45, 7) is 7.86. The van der Waals surface area contributed by atoms with Gasteiger partial charge in [0.15, 0.2) is 0 Å². The molecule has 0 saturated heterocycles. The van der Waals surface area contributed by atoms with E-state index in [4.69, 9.17) is 0 Å². The Morgan fingerprint density at radius 2 is 2.10 bits per heavy atom. The molecule has 0 unspecified atom stereocenters. The standard InChI is InChI=1S/C17H23N3O/c1-4-9-20-12-14(11-19-20)15-7-5-6-8-16(15)17(21)18-10-13(2)3/h5-8,11-13H,4,9-10H2,1-3H3,(H,18,21). The van der Waals surface area contributed by atoms with Crippen LogP contribution < -0.4 is 5.32 Å². The maximum Gasteiger partial charge on any atom is 0.251 e. The predicted molar refractivity (Wildman–Crippen MR) is 85.1 cm³/mol. The summed E-state index contributed by atoms with van der Waals surface area (Å²) in [4.78, 5) is 12.3. The minimum atomic E-state index is -0.0254. The molecular weight excluding hydrogens is 262 g/mol. The van der Waals surface area contributed by atoms with E-state index >= 15 is 0 Å². The quantitative estimate of drug-likeness (QED) is 0.884. The van der Waals surface area contributed by atoms with Gasteiger partial charge in [0.2, 0.25) is 0 Å². The molecular formula is C17H23N3O. The van der Waals surface area contributed by atoms with Crippen LogP contribution in [0.25, 0.3) is 11.1 Å². The first-order valence-corrected chi connectivity index (χ1v) is 7.52. The topological polar surface area (TPSA) is 46.9 Å². The Bertz CT molecular complexity index is 602. The number of carbonyl (C=O) groups excluding carboxylic acids is 1. The first-order valence-electron chi connectivity index (χ1n) is 7.52. The van der Waals surface area contributed by atoms with Crippen LogP contribution in [0.15, 0.2) is 36.7 Å². The second-order valence-corrected chi connectivity index (χ2v) is 5.64. The minimum absolute atomic E-state index is 0.0254. The highest BCUT2D eigenvalue weighted by Gasteiger charge is 2.13. The second-order valence-electron chi connectivity index (χ2n) is 5.64. The molecule has 4 heteroatoms. The molecule has 21 heavy (non-hydrogen) atoms. The smallest absolute Gasteiger partial charge is 0.251 e. The Morgan fingerprint density at radius 3 is 2.81 bits per heavy atom. The number of benzene rings is 1. The molecule has 0 bridgehead atoms. The fraction of sp³-hybridized carbons (Fsp3) is 0.412. The summed E-state index contributed by atoms with van der Waals surface area (Å²) in [6.07, 6.45) is 4.86. The van der Waals surface area contributed by atoms with Gasteiger partial charge < -0.3 is 5.32 Å². The summed E-state index contributed by atoms with van der Waals surface area (Å²) in [5, 5.41) is 7.32. The molecule has 4 nitrogen and oxygen atoms in total. The number of hydrogen-bond donors (Lipinski definition) is 1. The van der Waals surface area contributed by atoms with E-state index in [-0.39, 0.29) is 5.91 Å². The zero-order valence-electron chi connectivity index (χ0n) is 13.0. The van der Waals surface area contributed by atoms with Crippen molar-refractivity contribution in [2.45, 2.75) is 33.7 Å². The Labute approximate surface area is 126 Å². The Kier molecular flexibility index (Phi) is 5.14. The summed E-state index contributed by atoms with van der Waals surface area (Å²) in [5.41, 5.74) is 2.62. The number of aryl methyl sites for hydroxylation is 1. The van der Waals surface area contributed by atoms with Gasteiger partial charge in [-0.05, 0) is 24.0 Å². The van der Waals surface area contributed by atoms with Crippen LogP contribution in [0.2, 0.25) is 0 Å². The number of nitrogens with zero attached hydrogens (tertiary/aromatic N) is 2. The molecule has 0 aliphatic carbocycles. The van der Waals surface area contributed by atoms with E-state index in [0.717, 1.165) is 24.1 Å². The Balaban J connectivity index is 2.25. The van der Waals surface area contributed by atoms with E-state index < -0.39 is 0 Å². The molecule has 1 amide bonds. The van der Waals surface area contributed by atoms with Crippen LogP contribution in [-0.2, 0) is 6.54 Å². The van der Waals surface area contributed by atoms with Crippen molar-refractivity contribution in [2.75, 3.05) is 6.54 Å². The van der Waals surface area contributed by atoms with Crippen molar-refractivity contribution in [1.29, 1.82) is 0 Å². The van der Waals surface area contributed by atoms with Crippen LogP contribution in [-0.4, -0.2) is 22.2 Å². The first kappa shape index (κ1) is 15.3. The van der Waals surface area contributed by atoms with Crippen molar-refractivity contribution in [3.05, 3.63) is 42.2 Å². The van der Waals surface area contributed by atoms with Crippen molar-refractivity contribution < 1.29 is 4.79 Å². The van der Waals surface area contributed by atoms with Gasteiger partial charge in [-0.3, -0.25) is 9.48 Å². The molecule has 1 heterocycles. The molecule has 0 fully saturated rings. The van der Waals surface area contributed by atoms with Gasteiger partial charge in [0.1, 0.15) is 0 Å². The van der Waals surface area contributed by atoms with Crippen molar-refractivity contribution in [1.82, 2.24) is 15.1 Å². The van der Waals surface area contributed by atoms with Gasteiger partial charge in [-0.2, -0.15) is 5.10 Å². The molecule has 0 spiro atoms. The van der Waals surface area contributed by atoms with E-state index in [1.165, 1.54) is 0 Å². The van der Waals surface area contributed by atoms with Crippen LogP contribution in [0.4, 0.5) is 0 Å². The normalized spacial score (nSPS) is 10.9. The monoisotopic (exact) mass is 285 g/mol. The lowest BCUT2D eigenvalue weighted by Gasteiger charge is -2.10. The second kappa shape index (κ2) is 7.07. The number of amides is 1. The highest BCUT2D eigenvalue weighted by atomic mass is 16.1. The SMILES string of the molecule is CCCn1cc(-c2ccccc2C(=O)NCC(C)C)cn1. The number of carbonyl (C=O) groups is 1. The lowest BCUT2D eigenvalue weighted by atomic mass is 10.0. The summed E-state index contributed by atoms with van der Waals surface area (Å²) >= 11 is 0. The molecule has 2 rings (SSSR count). The third-order valence-electron chi connectivity index (χ3n) is 3.24. The highest BCUT2D eigenvalue weighted by Crippen LogP contribution is 2.23. The predicted octanol–water partition coefficient (Wildman–Crippen LogP) is 3.35. The zero-order valence-corrected chi connectivity index (χ0v) is 13.0. The van der Waals surface area contributed by atoms with E-state index in [0.29, 0.717) is 18.0 Å². The van der Waals surface area contributed by atoms with Gasteiger partial charge in [0, 0.05) is 30.4 Å². The van der Waals surface area contributed by atoms with Crippen LogP contribution in [0.3, 0.4) is 0 Å².